The number of hydrogen-bond acceptors (Lipinski definition) is 3. The van der Waals surface area contributed by atoms with E-state index in [2.05, 4.69) is 10.3 Å². The highest BCUT2D eigenvalue weighted by Crippen LogP contribution is 2.11. The second kappa shape index (κ2) is 5.45. The summed E-state index contributed by atoms with van der Waals surface area (Å²) in [5.74, 6) is -0.405. The van der Waals surface area contributed by atoms with Gasteiger partial charge in [0.25, 0.3) is 5.91 Å². The average molecular weight is 273 g/mol. The monoisotopic (exact) mass is 273 g/mol. The van der Waals surface area contributed by atoms with Crippen molar-refractivity contribution in [3.63, 3.8) is 0 Å². The van der Waals surface area contributed by atoms with Crippen LogP contribution in [0, 0.1) is 0 Å². The van der Waals surface area contributed by atoms with Gasteiger partial charge in [-0.3, -0.25) is 9.59 Å². The van der Waals surface area contributed by atoms with E-state index in [1.54, 1.807) is 24.3 Å². The highest BCUT2D eigenvalue weighted by molar-refractivity contribution is 7.80. The number of anilines is 1. The first-order chi connectivity index (χ1) is 9.06. The third-order valence-electron chi connectivity index (χ3n) is 2.42. The van der Waals surface area contributed by atoms with Gasteiger partial charge in [-0.2, -0.15) is 0 Å². The number of hydrogen-bond donors (Lipinski definition) is 3. The highest BCUT2D eigenvalue weighted by Gasteiger charge is 2.07. The predicted molar refractivity (Wildman–Crippen MR) is 77.3 cm³/mol. The minimum Gasteiger partial charge on any atom is -0.389 e. The summed E-state index contributed by atoms with van der Waals surface area (Å²) < 4.78 is 0. The van der Waals surface area contributed by atoms with Crippen LogP contribution in [0.2, 0.25) is 0 Å². The van der Waals surface area contributed by atoms with Gasteiger partial charge in [-0.15, -0.1) is 0 Å². The van der Waals surface area contributed by atoms with Gasteiger partial charge in [0, 0.05) is 17.3 Å². The Balaban J connectivity index is 2.22. The lowest BCUT2D eigenvalue weighted by atomic mass is 10.2. The van der Waals surface area contributed by atoms with E-state index < -0.39 is 5.91 Å². The maximum Gasteiger partial charge on any atom is 0.272 e. The fourth-order valence-corrected chi connectivity index (χ4v) is 1.66. The number of carbonyl (C=O) groups excluding carboxylic acids is 1. The molecule has 0 fully saturated rings. The normalized spacial score (nSPS) is 9.89. The summed E-state index contributed by atoms with van der Waals surface area (Å²) in [6, 6.07) is 11.2. The number of thiocarbonyl (C=S) groups is 1. The van der Waals surface area contributed by atoms with Crippen LogP contribution in [0.5, 0.6) is 0 Å². The van der Waals surface area contributed by atoms with Crippen molar-refractivity contribution in [2.75, 3.05) is 5.32 Å². The predicted octanol–water partition coefficient (Wildman–Crippen LogP) is 1.26. The second-order valence-electron chi connectivity index (χ2n) is 3.83. The van der Waals surface area contributed by atoms with E-state index in [1.807, 2.05) is 0 Å². The van der Waals surface area contributed by atoms with Crippen LogP contribution in [0.15, 0.2) is 47.3 Å². The SMILES string of the molecule is NC(=S)c1cccc(NC(=O)c2cccc(=O)[nH]2)c1. The number of rotatable bonds is 3. The molecule has 1 aromatic heterocycles. The molecule has 1 amide bonds. The van der Waals surface area contributed by atoms with Crippen LogP contribution < -0.4 is 16.6 Å². The van der Waals surface area contributed by atoms with E-state index >= 15 is 0 Å². The molecule has 96 valence electrons. The molecular formula is C13H11N3O2S. The van der Waals surface area contributed by atoms with Gasteiger partial charge in [-0.1, -0.05) is 30.4 Å². The number of nitrogens with one attached hydrogen (secondary N) is 2. The molecule has 0 saturated heterocycles. The summed E-state index contributed by atoms with van der Waals surface area (Å²) in [5.41, 5.74) is 6.59. The van der Waals surface area contributed by atoms with Crippen molar-refractivity contribution in [3.8, 4) is 0 Å². The largest absolute Gasteiger partial charge is 0.389 e. The zero-order valence-corrected chi connectivity index (χ0v) is 10.7. The number of carbonyl (C=O) groups is 1. The molecule has 1 heterocycles. The number of benzene rings is 1. The van der Waals surface area contributed by atoms with Crippen molar-refractivity contribution in [1.82, 2.24) is 4.98 Å². The number of nitrogens with two attached hydrogens (primary N) is 1. The van der Waals surface area contributed by atoms with Gasteiger partial charge in [0.15, 0.2) is 0 Å². The zero-order chi connectivity index (χ0) is 13.8. The quantitative estimate of drug-likeness (QED) is 0.735. The van der Waals surface area contributed by atoms with Gasteiger partial charge >= 0.3 is 0 Å². The Kier molecular flexibility index (Phi) is 3.72. The van der Waals surface area contributed by atoms with Crippen LogP contribution in [0.25, 0.3) is 0 Å². The minimum atomic E-state index is -0.405. The highest BCUT2D eigenvalue weighted by atomic mass is 32.1. The molecule has 2 aromatic rings. The molecule has 2 rings (SSSR count). The van der Waals surface area contributed by atoms with Crippen LogP contribution in [0.3, 0.4) is 0 Å². The van der Waals surface area contributed by atoms with E-state index in [9.17, 15) is 9.59 Å². The van der Waals surface area contributed by atoms with Crippen LogP contribution in [-0.4, -0.2) is 15.9 Å². The maximum absolute atomic E-state index is 11.9. The fourth-order valence-electron chi connectivity index (χ4n) is 1.53. The Morgan fingerprint density at radius 2 is 1.95 bits per heavy atom. The first-order valence-electron chi connectivity index (χ1n) is 5.47. The van der Waals surface area contributed by atoms with Gasteiger partial charge in [0.2, 0.25) is 5.56 Å². The smallest absolute Gasteiger partial charge is 0.272 e. The summed E-state index contributed by atoms with van der Waals surface area (Å²) in [6.45, 7) is 0. The fraction of sp³-hybridized carbons (Fsp3) is 0. The van der Waals surface area contributed by atoms with Crippen molar-refractivity contribution >= 4 is 28.8 Å². The Labute approximate surface area is 114 Å². The summed E-state index contributed by atoms with van der Waals surface area (Å²) in [5, 5.41) is 2.66. The summed E-state index contributed by atoms with van der Waals surface area (Å²) >= 11 is 4.86. The zero-order valence-electron chi connectivity index (χ0n) is 9.84. The molecule has 0 unspecified atom stereocenters. The molecular weight excluding hydrogens is 262 g/mol. The van der Waals surface area contributed by atoms with Crippen molar-refractivity contribution in [2.45, 2.75) is 0 Å². The summed E-state index contributed by atoms with van der Waals surface area (Å²) in [7, 11) is 0. The summed E-state index contributed by atoms with van der Waals surface area (Å²) in [6.07, 6.45) is 0. The topological polar surface area (TPSA) is 88.0 Å². The lowest BCUT2D eigenvalue weighted by molar-refractivity contribution is 0.102. The maximum atomic E-state index is 11.9. The molecule has 0 saturated carbocycles. The Morgan fingerprint density at radius 1 is 1.21 bits per heavy atom. The van der Waals surface area contributed by atoms with Crippen molar-refractivity contribution in [2.24, 2.45) is 5.73 Å². The van der Waals surface area contributed by atoms with E-state index in [-0.39, 0.29) is 16.2 Å². The molecule has 0 bridgehead atoms. The molecule has 0 spiro atoms. The molecule has 0 aliphatic heterocycles. The first kappa shape index (κ1) is 13.0. The van der Waals surface area contributed by atoms with Crippen LogP contribution >= 0.6 is 12.2 Å². The molecule has 5 nitrogen and oxygen atoms in total. The summed E-state index contributed by atoms with van der Waals surface area (Å²) in [4.78, 5) is 25.7. The lowest BCUT2D eigenvalue weighted by Gasteiger charge is -2.06. The molecule has 19 heavy (non-hydrogen) atoms. The number of pyridine rings is 1. The lowest BCUT2D eigenvalue weighted by Crippen LogP contribution is -2.18. The Hall–Kier alpha value is -2.47. The van der Waals surface area contributed by atoms with Crippen molar-refractivity contribution in [3.05, 3.63) is 64.1 Å². The molecule has 0 radical (unpaired) electrons. The number of aromatic nitrogens is 1. The Morgan fingerprint density at radius 3 is 2.63 bits per heavy atom. The van der Waals surface area contributed by atoms with Gasteiger partial charge < -0.3 is 16.0 Å². The molecule has 0 aliphatic carbocycles. The molecule has 6 heteroatoms. The van der Waals surface area contributed by atoms with Crippen molar-refractivity contribution < 1.29 is 4.79 Å². The third-order valence-corrected chi connectivity index (χ3v) is 2.65. The number of H-pyrrole nitrogens is 1. The van der Waals surface area contributed by atoms with Gasteiger partial charge in [0.05, 0.1) is 0 Å². The Bertz CT molecular complexity index is 694. The van der Waals surface area contributed by atoms with Gasteiger partial charge in [-0.25, -0.2) is 0 Å². The van der Waals surface area contributed by atoms with E-state index in [0.717, 1.165) is 0 Å². The van der Waals surface area contributed by atoms with E-state index in [0.29, 0.717) is 11.3 Å². The third kappa shape index (κ3) is 3.26. The standard InChI is InChI=1S/C13H11N3O2S/c14-12(19)8-3-1-4-9(7-8)15-13(18)10-5-2-6-11(17)16-10/h1-7H,(H2,14,19)(H,15,18)(H,16,17). The molecule has 0 atom stereocenters. The molecule has 4 N–H and O–H groups in total. The minimum absolute atomic E-state index is 0.188. The van der Waals surface area contributed by atoms with Gasteiger partial charge in [-0.05, 0) is 18.2 Å². The van der Waals surface area contributed by atoms with E-state index in [4.69, 9.17) is 18.0 Å². The molecule has 0 aliphatic rings. The van der Waals surface area contributed by atoms with Gasteiger partial charge in [0.1, 0.15) is 10.7 Å². The number of amides is 1. The van der Waals surface area contributed by atoms with Crippen LogP contribution in [0.1, 0.15) is 16.1 Å². The average Bonchev–Trinajstić information content (AvgIpc) is 2.39. The van der Waals surface area contributed by atoms with E-state index in [1.165, 1.54) is 18.2 Å². The molecule has 1 aromatic carbocycles. The van der Waals surface area contributed by atoms with Crippen molar-refractivity contribution in [1.29, 1.82) is 0 Å². The van der Waals surface area contributed by atoms with Crippen LogP contribution in [-0.2, 0) is 0 Å². The second-order valence-corrected chi connectivity index (χ2v) is 4.27. The first-order valence-corrected chi connectivity index (χ1v) is 5.87. The number of aromatic amines is 1. The van der Waals surface area contributed by atoms with Crippen LogP contribution in [0.4, 0.5) is 5.69 Å².